The van der Waals surface area contributed by atoms with Crippen LogP contribution in [-0.2, 0) is 9.53 Å². The van der Waals surface area contributed by atoms with E-state index >= 15 is 0 Å². The molecule has 29 heavy (non-hydrogen) atoms. The van der Waals surface area contributed by atoms with Gasteiger partial charge in [0, 0.05) is 22.3 Å². The second-order valence-corrected chi connectivity index (χ2v) is 6.79. The van der Waals surface area contributed by atoms with Crippen molar-refractivity contribution in [3.05, 3.63) is 64.1 Å². The third-order valence-corrected chi connectivity index (χ3v) is 5.12. The van der Waals surface area contributed by atoms with Crippen LogP contribution in [0.3, 0.4) is 0 Å². The first-order valence-electron chi connectivity index (χ1n) is 8.65. The van der Waals surface area contributed by atoms with Crippen molar-refractivity contribution in [3.8, 4) is 11.5 Å². The maximum atomic E-state index is 14.5. The van der Waals surface area contributed by atoms with Gasteiger partial charge in [-0.2, -0.15) is 0 Å². The van der Waals surface area contributed by atoms with Crippen molar-refractivity contribution in [2.24, 2.45) is 0 Å². The number of anilines is 1. The number of ether oxygens (including phenoxy) is 3. The minimum atomic E-state index is -1.10. The summed E-state index contributed by atoms with van der Waals surface area (Å²) in [6.07, 6.45) is 0. The number of methoxy groups -OCH3 is 1. The van der Waals surface area contributed by atoms with Crippen LogP contribution in [0, 0.1) is 5.82 Å². The quantitative estimate of drug-likeness (QED) is 0.764. The lowest BCUT2D eigenvalue weighted by atomic mass is 9.94. The summed E-state index contributed by atoms with van der Waals surface area (Å²) in [5.74, 6) is -0.329. The van der Waals surface area contributed by atoms with Crippen molar-refractivity contribution in [1.29, 1.82) is 0 Å². The topological polar surface area (TPSA) is 77.1 Å². The van der Waals surface area contributed by atoms with Crippen LogP contribution < -0.4 is 19.7 Å². The molecule has 0 fully saturated rings. The predicted octanol–water partition coefficient (Wildman–Crippen LogP) is 3.93. The summed E-state index contributed by atoms with van der Waals surface area (Å²) < 4.78 is 30.1. The van der Waals surface area contributed by atoms with Gasteiger partial charge in [0.1, 0.15) is 5.82 Å². The molecule has 7 nitrogen and oxygen atoms in total. The van der Waals surface area contributed by atoms with Crippen LogP contribution in [0.15, 0.2) is 47.7 Å². The van der Waals surface area contributed by atoms with Crippen LogP contribution in [0.5, 0.6) is 11.5 Å². The first kappa shape index (κ1) is 19.1. The SMILES string of the molecule is COC(=O)C1=C(C)N(c2ccc3c(c2)OCO3)C(=O)NC1c1c(F)cccc1Cl. The molecule has 1 N–H and O–H groups in total. The Labute approximate surface area is 170 Å². The van der Waals surface area contributed by atoms with Gasteiger partial charge in [0.2, 0.25) is 6.79 Å². The van der Waals surface area contributed by atoms with Crippen LogP contribution in [-0.4, -0.2) is 25.9 Å². The molecule has 0 aromatic heterocycles. The zero-order valence-electron chi connectivity index (χ0n) is 15.5. The number of benzene rings is 2. The van der Waals surface area contributed by atoms with Gasteiger partial charge in [0.05, 0.1) is 24.4 Å². The standard InChI is InChI=1S/C20H16ClFN2O5/c1-10-16(19(25)27-2)18(17-12(21)4-3-5-13(17)22)23-20(26)24(10)11-6-7-14-15(8-11)29-9-28-14/h3-8,18H,9H2,1-2H3,(H,23,26). The number of nitrogens with one attached hydrogen (secondary N) is 1. The molecule has 2 amide bonds. The molecule has 2 aliphatic rings. The van der Waals surface area contributed by atoms with Gasteiger partial charge in [-0.25, -0.2) is 14.0 Å². The number of nitrogens with zero attached hydrogens (tertiary/aromatic N) is 1. The average molecular weight is 419 g/mol. The number of fused-ring (bicyclic) bond motifs is 1. The van der Waals surface area contributed by atoms with E-state index in [1.807, 2.05) is 0 Å². The Morgan fingerprint density at radius 2 is 2.03 bits per heavy atom. The number of hydrogen-bond acceptors (Lipinski definition) is 5. The number of amides is 2. The van der Waals surface area contributed by atoms with Gasteiger partial charge in [-0.05, 0) is 31.2 Å². The molecule has 9 heteroatoms. The summed E-state index contributed by atoms with van der Waals surface area (Å²) in [7, 11) is 1.21. The summed E-state index contributed by atoms with van der Waals surface area (Å²) in [4.78, 5) is 26.8. The number of rotatable bonds is 3. The van der Waals surface area contributed by atoms with Crippen molar-refractivity contribution in [3.63, 3.8) is 0 Å². The molecule has 1 atom stereocenters. The molecule has 2 heterocycles. The lowest BCUT2D eigenvalue weighted by molar-refractivity contribution is -0.136. The van der Waals surface area contributed by atoms with Gasteiger partial charge < -0.3 is 19.5 Å². The summed E-state index contributed by atoms with van der Waals surface area (Å²) in [5.41, 5.74) is 0.789. The fraction of sp³-hybridized carbons (Fsp3) is 0.200. The fourth-order valence-electron chi connectivity index (χ4n) is 3.46. The van der Waals surface area contributed by atoms with Crippen LogP contribution in [0.1, 0.15) is 18.5 Å². The Hall–Kier alpha value is -3.26. The maximum Gasteiger partial charge on any atom is 0.337 e. The number of halogens is 2. The minimum absolute atomic E-state index is 0.00685. The van der Waals surface area contributed by atoms with Gasteiger partial charge in [0.15, 0.2) is 11.5 Å². The largest absolute Gasteiger partial charge is 0.466 e. The smallest absolute Gasteiger partial charge is 0.337 e. The number of hydrogen-bond donors (Lipinski definition) is 1. The third kappa shape index (κ3) is 3.15. The van der Waals surface area contributed by atoms with E-state index in [-0.39, 0.29) is 28.6 Å². The van der Waals surface area contributed by atoms with Crippen molar-refractivity contribution in [2.75, 3.05) is 18.8 Å². The minimum Gasteiger partial charge on any atom is -0.466 e. The second kappa shape index (κ2) is 7.29. The van der Waals surface area contributed by atoms with Crippen molar-refractivity contribution < 1.29 is 28.2 Å². The molecule has 150 valence electrons. The highest BCUT2D eigenvalue weighted by molar-refractivity contribution is 6.31. The Morgan fingerprint density at radius 3 is 2.76 bits per heavy atom. The summed E-state index contributed by atoms with van der Waals surface area (Å²) in [6.45, 7) is 1.67. The normalized spacial score (nSPS) is 18.0. The molecule has 4 rings (SSSR count). The predicted molar refractivity (Wildman–Crippen MR) is 102 cm³/mol. The molecule has 0 spiro atoms. The van der Waals surface area contributed by atoms with Gasteiger partial charge in [-0.3, -0.25) is 4.90 Å². The van der Waals surface area contributed by atoms with Crippen molar-refractivity contribution >= 4 is 29.3 Å². The van der Waals surface area contributed by atoms with Gasteiger partial charge >= 0.3 is 12.0 Å². The Kier molecular flexibility index (Phi) is 4.79. The Morgan fingerprint density at radius 1 is 1.28 bits per heavy atom. The van der Waals surface area contributed by atoms with E-state index in [0.29, 0.717) is 17.2 Å². The third-order valence-electron chi connectivity index (χ3n) is 4.79. The Balaban J connectivity index is 1.86. The highest BCUT2D eigenvalue weighted by Crippen LogP contribution is 2.40. The molecule has 2 aliphatic heterocycles. The van der Waals surface area contributed by atoms with E-state index in [4.69, 9.17) is 25.8 Å². The van der Waals surface area contributed by atoms with E-state index in [2.05, 4.69) is 5.32 Å². The van der Waals surface area contributed by atoms with Crippen LogP contribution in [0.2, 0.25) is 5.02 Å². The molecular weight excluding hydrogens is 403 g/mol. The van der Waals surface area contributed by atoms with Gasteiger partial charge in [0.25, 0.3) is 0 Å². The van der Waals surface area contributed by atoms with E-state index in [1.165, 1.54) is 30.2 Å². The number of urea groups is 1. The van der Waals surface area contributed by atoms with E-state index in [1.54, 1.807) is 25.1 Å². The molecule has 2 aromatic rings. The zero-order chi connectivity index (χ0) is 20.7. The van der Waals surface area contributed by atoms with Gasteiger partial charge in [-0.15, -0.1) is 0 Å². The van der Waals surface area contributed by atoms with Crippen LogP contribution in [0.25, 0.3) is 0 Å². The zero-order valence-corrected chi connectivity index (χ0v) is 16.2. The monoisotopic (exact) mass is 418 g/mol. The number of carbonyl (C=O) groups is 2. The summed E-state index contributed by atoms with van der Waals surface area (Å²) in [5, 5.41) is 2.74. The number of allylic oxidation sites excluding steroid dienone is 1. The summed E-state index contributed by atoms with van der Waals surface area (Å²) >= 11 is 6.18. The molecular formula is C20H16ClFN2O5. The van der Waals surface area contributed by atoms with Crippen molar-refractivity contribution in [1.82, 2.24) is 5.32 Å². The molecule has 2 aromatic carbocycles. The van der Waals surface area contributed by atoms with E-state index in [9.17, 15) is 14.0 Å². The lowest BCUT2D eigenvalue weighted by Gasteiger charge is -2.35. The second-order valence-electron chi connectivity index (χ2n) is 6.38. The number of carbonyl (C=O) groups excluding carboxylic acids is 2. The first-order valence-corrected chi connectivity index (χ1v) is 9.03. The molecule has 1 unspecified atom stereocenters. The maximum absolute atomic E-state index is 14.5. The van der Waals surface area contributed by atoms with E-state index < -0.39 is 23.9 Å². The molecule has 0 saturated carbocycles. The number of esters is 1. The fourth-order valence-corrected chi connectivity index (χ4v) is 3.73. The molecule has 0 saturated heterocycles. The lowest BCUT2D eigenvalue weighted by Crippen LogP contribution is -2.48. The van der Waals surface area contributed by atoms with E-state index in [0.717, 1.165) is 0 Å². The molecule has 0 bridgehead atoms. The highest BCUT2D eigenvalue weighted by Gasteiger charge is 2.39. The molecule has 0 radical (unpaired) electrons. The van der Waals surface area contributed by atoms with Crippen LogP contribution >= 0.6 is 11.6 Å². The summed E-state index contributed by atoms with van der Waals surface area (Å²) in [6, 6.07) is 7.42. The first-order chi connectivity index (χ1) is 13.9. The molecule has 0 aliphatic carbocycles. The van der Waals surface area contributed by atoms with Gasteiger partial charge in [-0.1, -0.05) is 17.7 Å². The van der Waals surface area contributed by atoms with Crippen molar-refractivity contribution in [2.45, 2.75) is 13.0 Å². The average Bonchev–Trinajstić information content (AvgIpc) is 3.15. The highest BCUT2D eigenvalue weighted by atomic mass is 35.5. The Bertz CT molecular complexity index is 1030. The van der Waals surface area contributed by atoms with Crippen LogP contribution in [0.4, 0.5) is 14.9 Å².